The molecule has 7 heteroatoms. The molecule has 0 radical (unpaired) electrons. The number of aliphatic hydroxyl groups is 2. The first-order chi connectivity index (χ1) is 9.12. The van der Waals surface area contributed by atoms with Gasteiger partial charge in [-0.2, -0.15) is 0 Å². The highest BCUT2D eigenvalue weighted by Gasteiger charge is 2.20. The van der Waals surface area contributed by atoms with E-state index in [1.165, 1.54) is 7.11 Å². The average Bonchev–Trinajstić information content (AvgIpc) is 2.46. The minimum absolute atomic E-state index is 0.0183. The molecule has 0 aliphatic carbocycles. The molecule has 102 valence electrons. The summed E-state index contributed by atoms with van der Waals surface area (Å²) in [7, 11) is 1.52. The molecule has 0 bridgehead atoms. The average molecular weight is 265 g/mol. The second-order valence-corrected chi connectivity index (χ2v) is 3.70. The molecule has 0 saturated carbocycles. The molecular formula is C12H15N3O4. The molecule has 0 heterocycles. The molecular weight excluding hydrogens is 250 g/mol. The number of ether oxygens (including phenoxy) is 1. The molecule has 0 spiro atoms. The molecule has 19 heavy (non-hydrogen) atoms. The summed E-state index contributed by atoms with van der Waals surface area (Å²) in [4.78, 5) is 15.9. The highest BCUT2D eigenvalue weighted by molar-refractivity contribution is 5.96. The molecule has 2 N–H and O–H groups in total. The first kappa shape index (κ1) is 14.7. The predicted octanol–water partition coefficient (Wildman–Crippen LogP) is 0.316. The highest BCUT2D eigenvalue weighted by atomic mass is 16.5. The lowest BCUT2D eigenvalue weighted by molar-refractivity contribution is -0.0362. The largest absolute Gasteiger partial charge is 0.497 e. The van der Waals surface area contributed by atoms with Crippen LogP contribution in [0.4, 0.5) is 0 Å². The van der Waals surface area contributed by atoms with Gasteiger partial charge < -0.3 is 25.4 Å². The van der Waals surface area contributed by atoms with Gasteiger partial charge in [0.2, 0.25) is 0 Å². The number of hydrogen-bond donors (Lipinski definition) is 2. The first-order valence-electron chi connectivity index (χ1n) is 5.56. The van der Waals surface area contributed by atoms with Crippen LogP contribution < -0.4 is 4.74 Å². The molecule has 0 atom stereocenters. The topological polar surface area (TPSA) is 106 Å². The second-order valence-electron chi connectivity index (χ2n) is 3.70. The van der Waals surface area contributed by atoms with Gasteiger partial charge in [-0.05, 0) is 24.3 Å². The Morgan fingerprint density at radius 1 is 1.42 bits per heavy atom. The molecule has 7 nitrogen and oxygen atoms in total. The maximum atomic E-state index is 12.1. The highest BCUT2D eigenvalue weighted by Crippen LogP contribution is 2.13. The molecule has 0 saturated heterocycles. The number of hydrogen-bond acceptors (Lipinski definition) is 3. The van der Waals surface area contributed by atoms with Crippen molar-refractivity contribution in [1.82, 2.24) is 4.90 Å². The molecule has 0 unspecified atom stereocenters. The van der Waals surface area contributed by atoms with Gasteiger partial charge >= 0.3 is 5.90 Å². The monoisotopic (exact) mass is 265 g/mol. The van der Waals surface area contributed by atoms with Crippen LogP contribution in [0.2, 0.25) is 0 Å². The van der Waals surface area contributed by atoms with E-state index in [0.717, 1.165) is 4.90 Å². The van der Waals surface area contributed by atoms with Crippen LogP contribution in [-0.4, -0.2) is 58.5 Å². The number of aliphatic hydroxyl groups excluding tert-OH is 2. The minimum atomic E-state index is -0.602. The molecule has 1 aromatic carbocycles. The Bertz CT molecular complexity index is 480. The van der Waals surface area contributed by atoms with E-state index in [1.807, 2.05) is 0 Å². The van der Waals surface area contributed by atoms with Crippen molar-refractivity contribution in [2.45, 2.75) is 0 Å². The Morgan fingerprint density at radius 2 is 2.05 bits per heavy atom. The van der Waals surface area contributed by atoms with Crippen molar-refractivity contribution in [2.75, 3.05) is 26.8 Å². The summed E-state index contributed by atoms with van der Waals surface area (Å²) < 4.78 is 4.98. The molecule has 1 amide bonds. The number of carbonyl (C=O) groups excluding carboxylic acids is 1. The number of nitrogens with zero attached hydrogens (tertiary/aromatic N) is 3. The second kappa shape index (κ2) is 7.15. The van der Waals surface area contributed by atoms with E-state index in [2.05, 4.69) is 4.79 Å². The van der Waals surface area contributed by atoms with Gasteiger partial charge in [0.1, 0.15) is 5.75 Å². The third kappa shape index (κ3) is 4.09. The SMILES string of the molecule is COc1ccc(C(=O)N(CCO)CC(O)=[N+]=[N-])cc1. The van der Waals surface area contributed by atoms with Crippen molar-refractivity contribution in [2.24, 2.45) is 0 Å². The van der Waals surface area contributed by atoms with E-state index >= 15 is 0 Å². The van der Waals surface area contributed by atoms with Gasteiger partial charge in [-0.1, -0.05) is 0 Å². The van der Waals surface area contributed by atoms with Crippen LogP contribution in [0, 0.1) is 0 Å². The molecule has 0 aromatic heterocycles. The van der Waals surface area contributed by atoms with E-state index in [0.29, 0.717) is 11.3 Å². The zero-order chi connectivity index (χ0) is 14.3. The Morgan fingerprint density at radius 3 is 2.53 bits per heavy atom. The summed E-state index contributed by atoms with van der Waals surface area (Å²) in [5, 5.41) is 18.0. The Balaban J connectivity index is 2.88. The molecule has 1 rings (SSSR count). The predicted molar refractivity (Wildman–Crippen MR) is 67.2 cm³/mol. The molecule has 1 aromatic rings. The normalized spacial score (nSPS) is 9.58. The van der Waals surface area contributed by atoms with Gasteiger partial charge in [-0.25, -0.2) is 0 Å². The van der Waals surface area contributed by atoms with Crippen LogP contribution in [0.5, 0.6) is 5.75 Å². The van der Waals surface area contributed by atoms with Crippen LogP contribution in [0.15, 0.2) is 24.3 Å². The van der Waals surface area contributed by atoms with Gasteiger partial charge in [0.15, 0.2) is 6.54 Å². The van der Waals surface area contributed by atoms with Gasteiger partial charge in [-0.15, -0.1) is 4.79 Å². The zero-order valence-corrected chi connectivity index (χ0v) is 10.5. The lowest BCUT2D eigenvalue weighted by Crippen LogP contribution is -2.38. The van der Waals surface area contributed by atoms with Crippen LogP contribution in [0.1, 0.15) is 10.4 Å². The van der Waals surface area contributed by atoms with Crippen LogP contribution in [0.3, 0.4) is 0 Å². The number of benzene rings is 1. The summed E-state index contributed by atoms with van der Waals surface area (Å²) in [6, 6.07) is 6.39. The lowest BCUT2D eigenvalue weighted by atomic mass is 10.2. The fourth-order valence-corrected chi connectivity index (χ4v) is 1.49. The quantitative estimate of drug-likeness (QED) is 0.334. The standard InChI is InChI=1S/C12H15N3O4/c1-19-10-4-2-9(3-5-10)12(18)15(6-7-16)8-11(17)14-13/h2-5,16-17H,6-8H2,1H3. The van der Waals surface area contributed by atoms with Gasteiger partial charge in [0, 0.05) is 12.1 Å². The number of rotatable bonds is 6. The van der Waals surface area contributed by atoms with E-state index in [-0.39, 0.29) is 19.7 Å². The van der Waals surface area contributed by atoms with Crippen molar-refractivity contribution in [3.05, 3.63) is 35.4 Å². The van der Waals surface area contributed by atoms with Crippen molar-refractivity contribution in [1.29, 1.82) is 0 Å². The number of carbonyl (C=O) groups is 1. The van der Waals surface area contributed by atoms with Crippen molar-refractivity contribution in [3.8, 4) is 5.75 Å². The van der Waals surface area contributed by atoms with Crippen LogP contribution in [-0.2, 0) is 0 Å². The Kier molecular flexibility index (Phi) is 5.53. The van der Waals surface area contributed by atoms with Crippen molar-refractivity contribution in [3.63, 3.8) is 0 Å². The summed E-state index contributed by atoms with van der Waals surface area (Å²) in [5.74, 6) is -0.382. The molecule has 0 fully saturated rings. The van der Waals surface area contributed by atoms with E-state index in [9.17, 15) is 4.79 Å². The van der Waals surface area contributed by atoms with Crippen LogP contribution >= 0.6 is 0 Å². The van der Waals surface area contributed by atoms with Gasteiger partial charge in [-0.3, -0.25) is 4.79 Å². The van der Waals surface area contributed by atoms with E-state index in [1.54, 1.807) is 24.3 Å². The van der Waals surface area contributed by atoms with E-state index < -0.39 is 11.8 Å². The van der Waals surface area contributed by atoms with Crippen molar-refractivity contribution < 1.29 is 24.5 Å². The summed E-state index contributed by atoms with van der Waals surface area (Å²) in [5.41, 5.74) is 8.77. The van der Waals surface area contributed by atoms with Crippen LogP contribution in [0.25, 0.3) is 5.53 Å². The Hall–Kier alpha value is -2.37. The molecule has 0 aliphatic rings. The maximum Gasteiger partial charge on any atom is 0.467 e. The fourth-order valence-electron chi connectivity index (χ4n) is 1.49. The summed E-state index contributed by atoms with van der Waals surface area (Å²) >= 11 is 0. The number of methoxy groups -OCH3 is 1. The van der Waals surface area contributed by atoms with Gasteiger partial charge in [0.25, 0.3) is 5.91 Å². The maximum absolute atomic E-state index is 12.1. The Labute approximate surface area is 110 Å². The molecule has 0 aliphatic heterocycles. The minimum Gasteiger partial charge on any atom is -0.497 e. The smallest absolute Gasteiger partial charge is 0.467 e. The lowest BCUT2D eigenvalue weighted by Gasteiger charge is -2.18. The third-order valence-electron chi connectivity index (χ3n) is 2.44. The summed E-state index contributed by atoms with van der Waals surface area (Å²) in [6.45, 7) is -0.521. The van der Waals surface area contributed by atoms with Gasteiger partial charge in [0.05, 0.1) is 13.7 Å². The fraction of sp³-hybridized carbons (Fsp3) is 0.333. The number of amides is 1. The first-order valence-corrected chi connectivity index (χ1v) is 5.56. The van der Waals surface area contributed by atoms with Crippen molar-refractivity contribution >= 4 is 11.8 Å². The third-order valence-corrected chi connectivity index (χ3v) is 2.44. The zero-order valence-electron chi connectivity index (χ0n) is 10.5. The summed E-state index contributed by atoms with van der Waals surface area (Å²) in [6.07, 6.45) is 0. The van der Waals surface area contributed by atoms with E-state index in [4.69, 9.17) is 20.5 Å².